The lowest BCUT2D eigenvalue weighted by Crippen LogP contribution is -2.49. The maximum atomic E-state index is 9.88. The van der Waals surface area contributed by atoms with Crippen LogP contribution in [0.5, 0.6) is 0 Å². The standard InChI is InChI=1S/C11H21NO2/c1-2-6-12-7-4-11(5-8-12)10(13)3-9-14-11/h10,13H,2-9H2,1H3. The van der Waals surface area contributed by atoms with E-state index in [1.807, 2.05) is 0 Å². The lowest BCUT2D eigenvalue weighted by atomic mass is 9.86. The van der Waals surface area contributed by atoms with Crippen LogP contribution >= 0.6 is 0 Å². The number of hydrogen-bond acceptors (Lipinski definition) is 3. The normalized spacial score (nSPS) is 32.6. The third-order valence-corrected chi connectivity index (χ3v) is 3.63. The Balaban J connectivity index is 1.88. The van der Waals surface area contributed by atoms with Crippen molar-refractivity contribution in [1.82, 2.24) is 4.90 Å². The number of nitrogens with zero attached hydrogens (tertiary/aromatic N) is 1. The topological polar surface area (TPSA) is 32.7 Å². The van der Waals surface area contributed by atoms with E-state index in [9.17, 15) is 5.11 Å². The Morgan fingerprint density at radius 2 is 2.14 bits per heavy atom. The van der Waals surface area contributed by atoms with Crippen molar-refractivity contribution in [3.63, 3.8) is 0 Å². The van der Waals surface area contributed by atoms with Gasteiger partial charge in [-0.05, 0) is 32.2 Å². The predicted octanol–water partition coefficient (Wildman–Crippen LogP) is 1.01. The first kappa shape index (κ1) is 10.4. The Hall–Kier alpha value is -0.120. The molecule has 0 bridgehead atoms. The molecule has 0 aliphatic carbocycles. The van der Waals surface area contributed by atoms with E-state index in [-0.39, 0.29) is 11.7 Å². The molecule has 1 atom stereocenters. The molecule has 2 aliphatic rings. The first-order valence-corrected chi connectivity index (χ1v) is 5.81. The fraction of sp³-hybridized carbons (Fsp3) is 1.00. The van der Waals surface area contributed by atoms with Crippen molar-refractivity contribution < 1.29 is 9.84 Å². The summed E-state index contributed by atoms with van der Waals surface area (Å²) in [6, 6.07) is 0. The third-order valence-electron chi connectivity index (χ3n) is 3.63. The lowest BCUT2D eigenvalue weighted by molar-refractivity contribution is -0.0939. The Kier molecular flexibility index (Phi) is 3.10. The number of aliphatic hydroxyl groups is 1. The molecule has 2 aliphatic heterocycles. The van der Waals surface area contributed by atoms with Crippen molar-refractivity contribution in [2.75, 3.05) is 26.2 Å². The highest BCUT2D eigenvalue weighted by Gasteiger charge is 2.45. The molecule has 3 nitrogen and oxygen atoms in total. The van der Waals surface area contributed by atoms with Gasteiger partial charge in [0.25, 0.3) is 0 Å². The summed E-state index contributed by atoms with van der Waals surface area (Å²) in [5.74, 6) is 0. The van der Waals surface area contributed by atoms with Crippen LogP contribution in [0.4, 0.5) is 0 Å². The van der Waals surface area contributed by atoms with Crippen LogP contribution in [0.25, 0.3) is 0 Å². The van der Waals surface area contributed by atoms with Crippen molar-refractivity contribution in [2.24, 2.45) is 0 Å². The molecule has 0 amide bonds. The Bertz CT molecular complexity index is 188. The first-order chi connectivity index (χ1) is 6.77. The second kappa shape index (κ2) is 4.17. The maximum Gasteiger partial charge on any atom is 0.0965 e. The van der Waals surface area contributed by atoms with Crippen LogP contribution in [0, 0.1) is 0 Å². The largest absolute Gasteiger partial charge is 0.390 e. The molecule has 0 aromatic heterocycles. The van der Waals surface area contributed by atoms with Gasteiger partial charge in [0.1, 0.15) is 0 Å². The number of likely N-dealkylation sites (tertiary alicyclic amines) is 1. The zero-order valence-electron chi connectivity index (χ0n) is 9.04. The monoisotopic (exact) mass is 199 g/mol. The molecule has 2 saturated heterocycles. The number of rotatable bonds is 2. The maximum absolute atomic E-state index is 9.88. The average molecular weight is 199 g/mol. The van der Waals surface area contributed by atoms with Gasteiger partial charge in [0.2, 0.25) is 0 Å². The molecule has 0 aromatic carbocycles. The van der Waals surface area contributed by atoms with Crippen LogP contribution in [-0.4, -0.2) is 48.0 Å². The van der Waals surface area contributed by atoms with Crippen molar-refractivity contribution >= 4 is 0 Å². The number of hydrogen-bond donors (Lipinski definition) is 1. The van der Waals surface area contributed by atoms with Gasteiger partial charge >= 0.3 is 0 Å². The molecule has 1 unspecified atom stereocenters. The second-order valence-corrected chi connectivity index (χ2v) is 4.56. The van der Waals surface area contributed by atoms with E-state index < -0.39 is 0 Å². The Labute approximate surface area is 86.0 Å². The molecule has 14 heavy (non-hydrogen) atoms. The van der Waals surface area contributed by atoms with Gasteiger partial charge in [0.05, 0.1) is 18.3 Å². The van der Waals surface area contributed by atoms with E-state index in [1.165, 1.54) is 13.0 Å². The molecule has 0 aromatic rings. The summed E-state index contributed by atoms with van der Waals surface area (Å²) in [4.78, 5) is 2.47. The lowest BCUT2D eigenvalue weighted by Gasteiger charge is -2.40. The molecule has 2 rings (SSSR count). The molecule has 1 N–H and O–H groups in total. The van der Waals surface area contributed by atoms with E-state index in [2.05, 4.69) is 11.8 Å². The van der Waals surface area contributed by atoms with E-state index in [4.69, 9.17) is 4.74 Å². The minimum atomic E-state index is -0.216. The summed E-state index contributed by atoms with van der Waals surface area (Å²) in [5.41, 5.74) is -0.176. The summed E-state index contributed by atoms with van der Waals surface area (Å²) in [6.07, 6.45) is 3.85. The molecule has 1 spiro atoms. The van der Waals surface area contributed by atoms with Crippen molar-refractivity contribution in [1.29, 1.82) is 0 Å². The summed E-state index contributed by atoms with van der Waals surface area (Å²) >= 11 is 0. The Morgan fingerprint density at radius 3 is 2.64 bits per heavy atom. The zero-order chi connectivity index (χ0) is 10.0. The Morgan fingerprint density at radius 1 is 1.43 bits per heavy atom. The van der Waals surface area contributed by atoms with E-state index in [0.29, 0.717) is 0 Å². The highest BCUT2D eigenvalue weighted by atomic mass is 16.5. The van der Waals surface area contributed by atoms with Gasteiger partial charge in [0, 0.05) is 13.1 Å². The summed E-state index contributed by atoms with van der Waals surface area (Å²) in [6.45, 7) is 6.32. The van der Waals surface area contributed by atoms with Gasteiger partial charge < -0.3 is 14.7 Å². The first-order valence-electron chi connectivity index (χ1n) is 5.81. The zero-order valence-corrected chi connectivity index (χ0v) is 9.04. The average Bonchev–Trinajstić information content (AvgIpc) is 2.53. The molecular weight excluding hydrogens is 178 g/mol. The van der Waals surface area contributed by atoms with Gasteiger partial charge in [-0.15, -0.1) is 0 Å². The quantitative estimate of drug-likeness (QED) is 0.720. The molecule has 82 valence electrons. The fourth-order valence-electron chi connectivity index (χ4n) is 2.68. The molecule has 2 heterocycles. The third kappa shape index (κ3) is 1.81. The van der Waals surface area contributed by atoms with Crippen LogP contribution in [0.15, 0.2) is 0 Å². The molecular formula is C11H21NO2. The van der Waals surface area contributed by atoms with E-state index >= 15 is 0 Å². The molecule has 2 fully saturated rings. The van der Waals surface area contributed by atoms with Crippen molar-refractivity contribution in [3.8, 4) is 0 Å². The van der Waals surface area contributed by atoms with Crippen molar-refractivity contribution in [2.45, 2.75) is 44.3 Å². The highest BCUT2D eigenvalue weighted by molar-refractivity contribution is 4.96. The van der Waals surface area contributed by atoms with Gasteiger partial charge in [0.15, 0.2) is 0 Å². The van der Waals surface area contributed by atoms with Crippen LogP contribution in [-0.2, 0) is 4.74 Å². The molecule has 0 radical (unpaired) electrons. The van der Waals surface area contributed by atoms with Gasteiger partial charge in [-0.1, -0.05) is 6.92 Å². The highest BCUT2D eigenvalue weighted by Crippen LogP contribution is 2.35. The van der Waals surface area contributed by atoms with E-state index in [0.717, 1.165) is 39.0 Å². The number of ether oxygens (including phenoxy) is 1. The molecule has 3 heteroatoms. The smallest absolute Gasteiger partial charge is 0.0965 e. The van der Waals surface area contributed by atoms with Crippen LogP contribution in [0.1, 0.15) is 32.6 Å². The van der Waals surface area contributed by atoms with Gasteiger partial charge in [-0.3, -0.25) is 0 Å². The van der Waals surface area contributed by atoms with Gasteiger partial charge in [-0.25, -0.2) is 0 Å². The summed E-state index contributed by atoms with van der Waals surface area (Å²) in [5, 5.41) is 9.88. The van der Waals surface area contributed by atoms with Crippen LogP contribution in [0.3, 0.4) is 0 Å². The number of aliphatic hydroxyl groups excluding tert-OH is 1. The number of piperidine rings is 1. The predicted molar refractivity (Wildman–Crippen MR) is 55.3 cm³/mol. The second-order valence-electron chi connectivity index (χ2n) is 4.56. The minimum absolute atomic E-state index is 0.176. The minimum Gasteiger partial charge on any atom is -0.390 e. The summed E-state index contributed by atoms with van der Waals surface area (Å²) < 4.78 is 5.74. The van der Waals surface area contributed by atoms with Gasteiger partial charge in [-0.2, -0.15) is 0 Å². The van der Waals surface area contributed by atoms with E-state index in [1.54, 1.807) is 0 Å². The van der Waals surface area contributed by atoms with Crippen LogP contribution < -0.4 is 0 Å². The summed E-state index contributed by atoms with van der Waals surface area (Å²) in [7, 11) is 0. The van der Waals surface area contributed by atoms with Crippen molar-refractivity contribution in [3.05, 3.63) is 0 Å². The van der Waals surface area contributed by atoms with Crippen LogP contribution in [0.2, 0.25) is 0 Å². The SMILES string of the molecule is CCCN1CCC2(CC1)OCCC2O. The fourth-order valence-corrected chi connectivity index (χ4v) is 2.68. The molecule has 0 saturated carbocycles.